The lowest BCUT2D eigenvalue weighted by Gasteiger charge is -2.53. The molecule has 4 nitrogen and oxygen atoms in total. The third-order valence-electron chi connectivity index (χ3n) is 7.60. The van der Waals surface area contributed by atoms with E-state index in [9.17, 15) is 15.0 Å². The van der Waals surface area contributed by atoms with Gasteiger partial charge in [-0.15, -0.1) is 0 Å². The zero-order chi connectivity index (χ0) is 18.5. The molecule has 3 aliphatic carbocycles. The van der Waals surface area contributed by atoms with Crippen LogP contribution in [0.25, 0.3) is 0 Å². The van der Waals surface area contributed by atoms with Crippen LogP contribution < -0.4 is 5.32 Å². The summed E-state index contributed by atoms with van der Waals surface area (Å²) in [6.07, 6.45) is 5.27. The van der Waals surface area contributed by atoms with Crippen molar-refractivity contribution < 1.29 is 15.0 Å². The van der Waals surface area contributed by atoms with E-state index in [0.29, 0.717) is 36.5 Å². The molecule has 0 radical (unpaired) electrons. The first-order valence-corrected chi connectivity index (χ1v) is 10.2. The quantitative estimate of drug-likeness (QED) is 0.777. The van der Waals surface area contributed by atoms with Crippen LogP contribution in [-0.4, -0.2) is 28.8 Å². The molecule has 4 rings (SSSR count). The van der Waals surface area contributed by atoms with Crippen LogP contribution in [0.5, 0.6) is 5.75 Å². The monoisotopic (exact) mass is 357 g/mol. The van der Waals surface area contributed by atoms with E-state index in [1.807, 2.05) is 13.0 Å². The van der Waals surface area contributed by atoms with Gasteiger partial charge in [-0.05, 0) is 91.4 Å². The minimum atomic E-state index is -0.244. The number of phenols is 1. The highest BCUT2D eigenvalue weighted by molar-refractivity contribution is 5.76. The molecule has 26 heavy (non-hydrogen) atoms. The first-order valence-electron chi connectivity index (χ1n) is 10.2. The Hall–Kier alpha value is -1.55. The molecule has 1 aromatic rings. The summed E-state index contributed by atoms with van der Waals surface area (Å²) in [6.45, 7) is 4.87. The molecular weight excluding hydrogens is 326 g/mol. The van der Waals surface area contributed by atoms with Gasteiger partial charge in [0.2, 0.25) is 5.91 Å². The molecular formula is C22H31NO3. The van der Waals surface area contributed by atoms with E-state index >= 15 is 0 Å². The first kappa shape index (κ1) is 17.8. The van der Waals surface area contributed by atoms with E-state index in [0.717, 1.165) is 32.1 Å². The number of aromatic hydroxyl groups is 1. The fourth-order valence-corrected chi connectivity index (χ4v) is 6.55. The first-order chi connectivity index (χ1) is 12.4. The van der Waals surface area contributed by atoms with Crippen molar-refractivity contribution >= 4 is 5.91 Å². The smallest absolute Gasteiger partial charge is 0.220 e. The van der Waals surface area contributed by atoms with Gasteiger partial charge in [0.15, 0.2) is 0 Å². The number of aliphatic hydroxyl groups excluding tert-OH is 1. The highest BCUT2D eigenvalue weighted by Gasteiger charge is 2.57. The number of fused-ring (bicyclic) bond motifs is 5. The third-order valence-corrected chi connectivity index (χ3v) is 7.60. The van der Waals surface area contributed by atoms with Crippen molar-refractivity contribution in [3.8, 4) is 5.75 Å². The lowest BCUT2D eigenvalue weighted by molar-refractivity contribution is -0.124. The number of aliphatic hydroxyl groups is 1. The Morgan fingerprint density at radius 3 is 2.88 bits per heavy atom. The van der Waals surface area contributed by atoms with Crippen LogP contribution in [0.3, 0.4) is 0 Å². The van der Waals surface area contributed by atoms with Gasteiger partial charge < -0.3 is 15.5 Å². The predicted molar refractivity (Wildman–Crippen MR) is 101 cm³/mol. The van der Waals surface area contributed by atoms with Gasteiger partial charge in [-0.2, -0.15) is 0 Å². The molecule has 6 atom stereocenters. The number of aryl methyl sites for hydroxylation is 1. The highest BCUT2D eigenvalue weighted by atomic mass is 16.3. The van der Waals surface area contributed by atoms with Gasteiger partial charge in [-0.1, -0.05) is 13.0 Å². The topological polar surface area (TPSA) is 69.6 Å². The summed E-state index contributed by atoms with van der Waals surface area (Å²) in [5.74, 6) is 2.14. The summed E-state index contributed by atoms with van der Waals surface area (Å²) < 4.78 is 0. The number of hydrogen-bond donors (Lipinski definition) is 3. The van der Waals surface area contributed by atoms with Gasteiger partial charge in [0.25, 0.3) is 0 Å². The van der Waals surface area contributed by atoms with E-state index in [-0.39, 0.29) is 23.3 Å². The maximum atomic E-state index is 12.4. The number of nitrogens with one attached hydrogen (secondary N) is 1. The van der Waals surface area contributed by atoms with Crippen LogP contribution in [0.1, 0.15) is 63.0 Å². The van der Waals surface area contributed by atoms with E-state index in [1.165, 1.54) is 11.1 Å². The molecule has 1 aromatic carbocycles. The number of carbonyl (C=O) groups is 1. The second-order valence-electron chi connectivity index (χ2n) is 8.94. The summed E-state index contributed by atoms with van der Waals surface area (Å²) in [5, 5.41) is 23.6. The van der Waals surface area contributed by atoms with Crippen molar-refractivity contribution in [1.29, 1.82) is 0 Å². The lowest BCUT2D eigenvalue weighted by Crippen LogP contribution is -2.48. The van der Waals surface area contributed by atoms with E-state index in [4.69, 9.17) is 0 Å². The summed E-state index contributed by atoms with van der Waals surface area (Å²) in [6, 6.07) is 5.79. The molecule has 0 heterocycles. The average molecular weight is 357 g/mol. The Kier molecular flexibility index (Phi) is 4.50. The average Bonchev–Trinajstić information content (AvgIpc) is 2.89. The fourth-order valence-electron chi connectivity index (χ4n) is 6.55. The summed E-state index contributed by atoms with van der Waals surface area (Å²) in [5.41, 5.74) is 2.51. The maximum Gasteiger partial charge on any atom is 0.220 e. The van der Waals surface area contributed by atoms with Crippen molar-refractivity contribution in [2.45, 2.75) is 64.4 Å². The number of amides is 1. The standard InChI is InChI=1S/C22H31NO3/c1-3-23-20(26)11-14-12-22(2)18(8-9-19(22)25)17-6-4-13-10-15(24)5-7-16(13)21(14)17/h5,7,10,14,17-19,21,24-25H,3-4,6,8-9,11-12H2,1-2H3,(H,23,26)/t14-,17-,18-,19-,21+,22-/m0/s1. The molecule has 0 bridgehead atoms. The molecule has 142 valence electrons. The van der Waals surface area contributed by atoms with Crippen molar-refractivity contribution in [1.82, 2.24) is 5.32 Å². The van der Waals surface area contributed by atoms with Gasteiger partial charge in [0.05, 0.1) is 6.10 Å². The molecule has 2 saturated carbocycles. The summed E-state index contributed by atoms with van der Waals surface area (Å²) in [4.78, 5) is 12.4. The van der Waals surface area contributed by atoms with E-state index < -0.39 is 0 Å². The van der Waals surface area contributed by atoms with Crippen molar-refractivity contribution in [3.05, 3.63) is 29.3 Å². The van der Waals surface area contributed by atoms with Crippen LogP contribution in [0, 0.1) is 23.2 Å². The molecule has 2 fully saturated rings. The Morgan fingerprint density at radius 1 is 1.31 bits per heavy atom. The Bertz CT molecular complexity index is 703. The lowest BCUT2D eigenvalue weighted by atomic mass is 9.51. The van der Waals surface area contributed by atoms with Crippen LogP contribution in [0.15, 0.2) is 18.2 Å². The number of benzene rings is 1. The van der Waals surface area contributed by atoms with Crippen LogP contribution in [0.2, 0.25) is 0 Å². The van der Waals surface area contributed by atoms with Crippen molar-refractivity contribution in [3.63, 3.8) is 0 Å². The van der Waals surface area contributed by atoms with Crippen LogP contribution in [-0.2, 0) is 11.2 Å². The molecule has 0 aromatic heterocycles. The second kappa shape index (κ2) is 6.56. The SMILES string of the molecule is CCNC(=O)C[C@H]1C[C@]2(C)[C@@H](O)CC[C@H]2[C@@H]2CCc3cc(O)ccc3[C@@H]12. The molecule has 4 heteroatoms. The Balaban J connectivity index is 1.73. The maximum absolute atomic E-state index is 12.4. The van der Waals surface area contributed by atoms with Crippen LogP contribution >= 0.6 is 0 Å². The zero-order valence-corrected chi connectivity index (χ0v) is 15.9. The minimum Gasteiger partial charge on any atom is -0.508 e. The van der Waals surface area contributed by atoms with Crippen molar-refractivity contribution in [2.24, 2.45) is 23.2 Å². The molecule has 0 spiro atoms. The highest BCUT2D eigenvalue weighted by Crippen LogP contribution is 2.63. The Morgan fingerprint density at radius 2 is 2.12 bits per heavy atom. The normalized spacial score (nSPS) is 38.2. The molecule has 3 N–H and O–H groups in total. The molecule has 0 aliphatic heterocycles. The summed E-state index contributed by atoms with van der Waals surface area (Å²) >= 11 is 0. The molecule has 0 unspecified atom stereocenters. The molecule has 3 aliphatic rings. The van der Waals surface area contributed by atoms with Crippen molar-refractivity contribution in [2.75, 3.05) is 6.54 Å². The van der Waals surface area contributed by atoms with Crippen LogP contribution in [0.4, 0.5) is 0 Å². The number of phenolic OH excluding ortho intramolecular Hbond substituents is 1. The second-order valence-corrected chi connectivity index (χ2v) is 8.94. The largest absolute Gasteiger partial charge is 0.508 e. The fraction of sp³-hybridized carbons (Fsp3) is 0.682. The van der Waals surface area contributed by atoms with Gasteiger partial charge in [-0.25, -0.2) is 0 Å². The zero-order valence-electron chi connectivity index (χ0n) is 15.9. The van der Waals surface area contributed by atoms with Gasteiger partial charge >= 0.3 is 0 Å². The number of rotatable bonds is 3. The van der Waals surface area contributed by atoms with Gasteiger partial charge in [0, 0.05) is 13.0 Å². The summed E-state index contributed by atoms with van der Waals surface area (Å²) in [7, 11) is 0. The van der Waals surface area contributed by atoms with E-state index in [2.05, 4.69) is 18.3 Å². The predicted octanol–water partition coefficient (Wildman–Crippen LogP) is 3.36. The number of hydrogen-bond acceptors (Lipinski definition) is 3. The van der Waals surface area contributed by atoms with Gasteiger partial charge in [0.1, 0.15) is 5.75 Å². The number of carbonyl (C=O) groups excluding carboxylic acids is 1. The molecule has 1 amide bonds. The Labute approximate surface area is 156 Å². The van der Waals surface area contributed by atoms with E-state index in [1.54, 1.807) is 6.07 Å². The minimum absolute atomic E-state index is 0.0627. The van der Waals surface area contributed by atoms with Gasteiger partial charge in [-0.3, -0.25) is 4.79 Å². The third kappa shape index (κ3) is 2.74. The molecule has 0 saturated heterocycles.